The Hall–Kier alpha value is -4.11. The lowest BCUT2D eigenvalue weighted by Crippen LogP contribution is -2.46. The monoisotopic (exact) mass is 614 g/mol. The van der Waals surface area contributed by atoms with Crippen LogP contribution in [0.4, 0.5) is 4.79 Å². The third-order valence-electron chi connectivity index (χ3n) is 8.29. The zero-order chi connectivity index (χ0) is 32.0. The molecular formula is C36H46N4O5. The summed E-state index contributed by atoms with van der Waals surface area (Å²) < 4.78 is 18.7. The van der Waals surface area contributed by atoms with Crippen LogP contribution in [0, 0.1) is 0 Å². The molecule has 1 aromatic heterocycles. The Labute approximate surface area is 265 Å². The third kappa shape index (κ3) is 8.34. The van der Waals surface area contributed by atoms with Crippen molar-refractivity contribution < 1.29 is 23.8 Å². The molecule has 0 saturated carbocycles. The van der Waals surface area contributed by atoms with E-state index in [1.54, 1.807) is 14.2 Å². The SMILES string of the molecule is COCCCn1c([C@@H]2CCCN(C(=O)C[C@@H](Cc3ccc4ccccc4c3)NC(=O)OC(C)(C)C)C2)nc2ccc(OC)cc21. The van der Waals surface area contributed by atoms with Crippen molar-refractivity contribution in [1.82, 2.24) is 19.8 Å². The number of alkyl carbamates (subject to hydrolysis) is 1. The number of amides is 2. The zero-order valence-corrected chi connectivity index (χ0v) is 27.2. The molecule has 0 unspecified atom stereocenters. The topological polar surface area (TPSA) is 94.9 Å². The number of piperidine rings is 1. The second-order valence-corrected chi connectivity index (χ2v) is 12.9. The van der Waals surface area contributed by atoms with E-state index in [1.807, 2.05) is 56.0 Å². The summed E-state index contributed by atoms with van der Waals surface area (Å²) in [5.74, 6) is 1.90. The molecule has 5 rings (SSSR count). The van der Waals surface area contributed by atoms with E-state index in [1.165, 1.54) is 0 Å². The van der Waals surface area contributed by atoms with Gasteiger partial charge in [-0.25, -0.2) is 9.78 Å². The Morgan fingerprint density at radius 3 is 2.60 bits per heavy atom. The fourth-order valence-electron chi connectivity index (χ4n) is 6.21. The number of carbonyl (C=O) groups is 2. The summed E-state index contributed by atoms with van der Waals surface area (Å²) >= 11 is 0. The van der Waals surface area contributed by atoms with Gasteiger partial charge in [-0.1, -0.05) is 42.5 Å². The molecular weight excluding hydrogens is 568 g/mol. The Balaban J connectivity index is 1.34. The number of hydrogen-bond acceptors (Lipinski definition) is 6. The van der Waals surface area contributed by atoms with Crippen LogP contribution in [0.2, 0.25) is 0 Å². The molecule has 9 heteroatoms. The summed E-state index contributed by atoms with van der Waals surface area (Å²) in [5, 5.41) is 5.28. The number of likely N-dealkylation sites (tertiary alicyclic amines) is 1. The highest BCUT2D eigenvalue weighted by atomic mass is 16.6. The highest BCUT2D eigenvalue weighted by molar-refractivity contribution is 5.83. The molecule has 2 heterocycles. The molecule has 2 amide bonds. The lowest BCUT2D eigenvalue weighted by molar-refractivity contribution is -0.132. The number of methoxy groups -OCH3 is 2. The summed E-state index contributed by atoms with van der Waals surface area (Å²) in [4.78, 5) is 33.7. The second-order valence-electron chi connectivity index (χ2n) is 12.9. The van der Waals surface area contributed by atoms with Crippen LogP contribution < -0.4 is 10.1 Å². The molecule has 9 nitrogen and oxygen atoms in total. The van der Waals surface area contributed by atoms with E-state index >= 15 is 0 Å². The van der Waals surface area contributed by atoms with Crippen LogP contribution >= 0.6 is 0 Å². The molecule has 0 aliphatic carbocycles. The van der Waals surface area contributed by atoms with Crippen LogP contribution in [0.25, 0.3) is 21.8 Å². The Morgan fingerprint density at radius 2 is 1.84 bits per heavy atom. The first-order chi connectivity index (χ1) is 21.6. The first-order valence-electron chi connectivity index (χ1n) is 15.9. The lowest BCUT2D eigenvalue weighted by atomic mass is 9.95. The number of hydrogen-bond donors (Lipinski definition) is 1. The van der Waals surface area contributed by atoms with Gasteiger partial charge < -0.3 is 29.0 Å². The van der Waals surface area contributed by atoms with E-state index in [9.17, 15) is 9.59 Å². The average Bonchev–Trinajstić information content (AvgIpc) is 3.37. The standard InChI is InChI=1S/C36H46N4O5/c1-36(2,3)45-35(42)37-29(21-25-13-14-26-10-6-7-11-27(26)20-25)22-33(41)39-17-8-12-28(24-39)34-38-31-16-15-30(44-5)23-32(31)40(34)18-9-19-43-4/h6-7,10-11,13-16,20,23,28-29H,8-9,12,17-19,21-22,24H2,1-5H3,(H,37,42)/t28-,29-/m1/s1. The fourth-order valence-corrected chi connectivity index (χ4v) is 6.21. The maximum absolute atomic E-state index is 13.9. The van der Waals surface area contributed by atoms with Gasteiger partial charge >= 0.3 is 6.09 Å². The number of fused-ring (bicyclic) bond motifs is 2. The molecule has 1 fully saturated rings. The zero-order valence-electron chi connectivity index (χ0n) is 27.2. The van der Waals surface area contributed by atoms with E-state index in [-0.39, 0.29) is 18.2 Å². The van der Waals surface area contributed by atoms with Crippen molar-refractivity contribution in [1.29, 1.82) is 0 Å². The molecule has 4 aromatic rings. The van der Waals surface area contributed by atoms with E-state index < -0.39 is 17.7 Å². The van der Waals surface area contributed by atoms with Gasteiger partial charge in [0.25, 0.3) is 0 Å². The minimum Gasteiger partial charge on any atom is -0.497 e. The summed E-state index contributed by atoms with van der Waals surface area (Å²) in [6.07, 6.45) is 2.87. The molecule has 2 atom stereocenters. The fraction of sp³-hybridized carbons (Fsp3) is 0.472. The van der Waals surface area contributed by atoms with Crippen LogP contribution in [0.15, 0.2) is 60.7 Å². The van der Waals surface area contributed by atoms with E-state index in [2.05, 4.69) is 40.2 Å². The van der Waals surface area contributed by atoms with Crippen molar-refractivity contribution in [3.63, 3.8) is 0 Å². The van der Waals surface area contributed by atoms with Gasteiger partial charge in [-0.3, -0.25) is 4.79 Å². The third-order valence-corrected chi connectivity index (χ3v) is 8.29. The van der Waals surface area contributed by atoms with Crippen LogP contribution in [0.1, 0.15) is 63.8 Å². The normalized spacial score (nSPS) is 16.1. The number of nitrogens with zero attached hydrogens (tertiary/aromatic N) is 3. The van der Waals surface area contributed by atoms with Gasteiger partial charge in [-0.05, 0) is 74.9 Å². The van der Waals surface area contributed by atoms with E-state index in [0.717, 1.165) is 64.8 Å². The molecule has 1 saturated heterocycles. The summed E-state index contributed by atoms with van der Waals surface area (Å²) in [5.41, 5.74) is 2.37. The predicted octanol–water partition coefficient (Wildman–Crippen LogP) is 6.47. The maximum atomic E-state index is 13.9. The number of aromatic nitrogens is 2. The highest BCUT2D eigenvalue weighted by Gasteiger charge is 2.31. The summed E-state index contributed by atoms with van der Waals surface area (Å²) in [7, 11) is 3.38. The van der Waals surface area contributed by atoms with Gasteiger partial charge in [-0.2, -0.15) is 0 Å². The van der Waals surface area contributed by atoms with Crippen molar-refractivity contribution in [2.45, 2.75) is 77.0 Å². The van der Waals surface area contributed by atoms with Crippen molar-refractivity contribution in [3.8, 4) is 5.75 Å². The molecule has 3 aromatic carbocycles. The average molecular weight is 615 g/mol. The first-order valence-corrected chi connectivity index (χ1v) is 15.9. The van der Waals surface area contributed by atoms with Gasteiger partial charge in [0.05, 0.1) is 18.1 Å². The number of rotatable bonds is 11. The van der Waals surface area contributed by atoms with Gasteiger partial charge in [0.15, 0.2) is 0 Å². The summed E-state index contributed by atoms with van der Waals surface area (Å²) in [6.45, 7) is 8.20. The van der Waals surface area contributed by atoms with Crippen LogP contribution in [-0.4, -0.2) is 72.0 Å². The van der Waals surface area contributed by atoms with E-state index in [0.29, 0.717) is 26.1 Å². The van der Waals surface area contributed by atoms with Crippen molar-refractivity contribution in [2.24, 2.45) is 0 Å². The molecule has 0 spiro atoms. The first kappa shape index (κ1) is 32.3. The largest absolute Gasteiger partial charge is 0.497 e. The number of benzene rings is 3. The highest BCUT2D eigenvalue weighted by Crippen LogP contribution is 2.32. The molecule has 1 N–H and O–H groups in total. The molecule has 0 radical (unpaired) electrons. The van der Waals surface area contributed by atoms with Crippen LogP contribution in [0.5, 0.6) is 5.75 Å². The minimum absolute atomic E-state index is 0.0188. The quantitative estimate of drug-likeness (QED) is 0.195. The number of ether oxygens (including phenoxy) is 3. The number of imidazole rings is 1. The van der Waals surface area contributed by atoms with Gasteiger partial charge in [0.1, 0.15) is 17.2 Å². The van der Waals surface area contributed by atoms with Crippen molar-refractivity contribution in [2.75, 3.05) is 33.9 Å². The molecule has 1 aliphatic heterocycles. The second kappa shape index (κ2) is 14.3. The van der Waals surface area contributed by atoms with Gasteiger partial charge in [0, 0.05) is 57.8 Å². The predicted molar refractivity (Wildman–Crippen MR) is 177 cm³/mol. The Kier molecular flexibility index (Phi) is 10.3. The molecule has 1 aliphatic rings. The van der Waals surface area contributed by atoms with Gasteiger partial charge in [0.2, 0.25) is 5.91 Å². The number of nitrogens with one attached hydrogen (secondary N) is 1. The van der Waals surface area contributed by atoms with Gasteiger partial charge in [-0.15, -0.1) is 0 Å². The number of aryl methyl sites for hydroxylation is 1. The molecule has 45 heavy (non-hydrogen) atoms. The number of carbonyl (C=O) groups excluding carboxylic acids is 2. The van der Waals surface area contributed by atoms with Crippen molar-refractivity contribution in [3.05, 3.63) is 72.1 Å². The molecule has 0 bridgehead atoms. The Bertz CT molecular complexity index is 1630. The smallest absolute Gasteiger partial charge is 0.407 e. The molecule has 240 valence electrons. The lowest BCUT2D eigenvalue weighted by Gasteiger charge is -2.34. The Morgan fingerprint density at radius 1 is 1.04 bits per heavy atom. The summed E-state index contributed by atoms with van der Waals surface area (Å²) in [6, 6.07) is 20.0. The van der Waals surface area contributed by atoms with Crippen molar-refractivity contribution >= 4 is 33.8 Å². The van der Waals surface area contributed by atoms with Crippen LogP contribution in [-0.2, 0) is 27.2 Å². The van der Waals surface area contributed by atoms with Crippen LogP contribution in [0.3, 0.4) is 0 Å². The van der Waals surface area contributed by atoms with E-state index in [4.69, 9.17) is 19.2 Å². The maximum Gasteiger partial charge on any atom is 0.407 e. The minimum atomic E-state index is -0.638.